The number of benzene rings is 1. The molecule has 0 saturated carbocycles. The summed E-state index contributed by atoms with van der Waals surface area (Å²) in [5.74, 6) is -1.13. The van der Waals surface area contributed by atoms with Gasteiger partial charge in [0.05, 0.1) is 12.2 Å². The summed E-state index contributed by atoms with van der Waals surface area (Å²) in [7, 11) is 0. The largest absolute Gasteiger partial charge is 0.465 e. The molecule has 9 heteroatoms. The summed E-state index contributed by atoms with van der Waals surface area (Å²) in [6.07, 6.45) is 0.364. The van der Waals surface area contributed by atoms with E-state index >= 15 is 0 Å². The number of halogens is 2. The maximum Gasteiger partial charge on any atom is 0.328 e. The molecular formula is C17H17BrFN3O4. The summed E-state index contributed by atoms with van der Waals surface area (Å²) < 4.78 is 20.2. The zero-order valence-corrected chi connectivity index (χ0v) is 15.6. The van der Waals surface area contributed by atoms with Crippen molar-refractivity contribution in [1.29, 1.82) is 0 Å². The molecule has 1 aliphatic rings. The minimum absolute atomic E-state index is 0.0977. The highest BCUT2D eigenvalue weighted by atomic mass is 79.9. The molecule has 0 bridgehead atoms. The fourth-order valence-corrected chi connectivity index (χ4v) is 3.45. The Morgan fingerprint density at radius 2 is 2.15 bits per heavy atom. The number of carbonyl (C=O) groups is 1. The summed E-state index contributed by atoms with van der Waals surface area (Å²) in [5, 5.41) is 0. The van der Waals surface area contributed by atoms with E-state index in [2.05, 4.69) is 25.9 Å². The van der Waals surface area contributed by atoms with Crippen LogP contribution in [0, 0.1) is 5.82 Å². The van der Waals surface area contributed by atoms with Crippen LogP contribution < -0.4 is 11.2 Å². The molecule has 7 nitrogen and oxygen atoms in total. The van der Waals surface area contributed by atoms with Gasteiger partial charge in [-0.2, -0.15) is 0 Å². The van der Waals surface area contributed by atoms with Crippen molar-refractivity contribution in [2.24, 2.45) is 0 Å². The molecule has 1 aromatic carbocycles. The van der Waals surface area contributed by atoms with Crippen LogP contribution in [0.15, 0.2) is 32.3 Å². The van der Waals surface area contributed by atoms with E-state index in [1.165, 1.54) is 12.1 Å². The average molecular weight is 426 g/mol. The third kappa shape index (κ3) is 3.63. The number of aromatic nitrogens is 2. The third-order valence-corrected chi connectivity index (χ3v) is 4.77. The summed E-state index contributed by atoms with van der Waals surface area (Å²) >= 11 is 3.20. The zero-order chi connectivity index (χ0) is 18.8. The Kier molecular flexibility index (Phi) is 5.38. The highest BCUT2D eigenvalue weighted by Gasteiger charge is 2.34. The van der Waals surface area contributed by atoms with Crippen molar-refractivity contribution in [3.63, 3.8) is 0 Å². The predicted molar refractivity (Wildman–Crippen MR) is 95.3 cm³/mol. The van der Waals surface area contributed by atoms with E-state index in [4.69, 9.17) is 4.74 Å². The first kappa shape index (κ1) is 18.5. The minimum atomic E-state index is -0.984. The van der Waals surface area contributed by atoms with E-state index in [-0.39, 0.29) is 18.7 Å². The first-order valence-corrected chi connectivity index (χ1v) is 8.90. The van der Waals surface area contributed by atoms with Crippen molar-refractivity contribution < 1.29 is 13.9 Å². The van der Waals surface area contributed by atoms with Crippen molar-refractivity contribution in [2.75, 3.05) is 13.2 Å². The third-order valence-electron chi connectivity index (χ3n) is 4.27. The number of aromatic amines is 2. The van der Waals surface area contributed by atoms with Gasteiger partial charge in [-0.25, -0.2) is 14.0 Å². The Hall–Kier alpha value is -2.26. The van der Waals surface area contributed by atoms with Crippen molar-refractivity contribution >= 4 is 21.9 Å². The van der Waals surface area contributed by atoms with E-state index < -0.39 is 29.1 Å². The van der Waals surface area contributed by atoms with E-state index in [0.29, 0.717) is 28.7 Å². The zero-order valence-electron chi connectivity index (χ0n) is 14.0. The first-order chi connectivity index (χ1) is 12.4. The number of H-pyrrole nitrogens is 2. The van der Waals surface area contributed by atoms with Gasteiger partial charge < -0.3 is 9.72 Å². The predicted octanol–water partition coefficient (Wildman–Crippen LogP) is 1.63. The lowest BCUT2D eigenvalue weighted by atomic mass is 9.99. The number of ether oxygens (including phenoxy) is 1. The smallest absolute Gasteiger partial charge is 0.328 e. The molecule has 0 aliphatic carbocycles. The van der Waals surface area contributed by atoms with Gasteiger partial charge in [0, 0.05) is 35.2 Å². The van der Waals surface area contributed by atoms with Gasteiger partial charge in [0.2, 0.25) is 0 Å². The normalized spacial score (nSPS) is 15.3. The number of esters is 1. The van der Waals surface area contributed by atoms with Gasteiger partial charge >= 0.3 is 11.7 Å². The molecule has 138 valence electrons. The molecule has 1 aliphatic heterocycles. The van der Waals surface area contributed by atoms with Crippen molar-refractivity contribution in [3.05, 3.63) is 66.1 Å². The van der Waals surface area contributed by atoms with Gasteiger partial charge in [0.15, 0.2) is 0 Å². The fourth-order valence-electron chi connectivity index (χ4n) is 3.12. The van der Waals surface area contributed by atoms with Crippen LogP contribution in [0.3, 0.4) is 0 Å². The van der Waals surface area contributed by atoms with E-state index in [1.54, 1.807) is 17.9 Å². The Balaban J connectivity index is 2.01. The van der Waals surface area contributed by atoms with E-state index in [1.807, 2.05) is 0 Å². The van der Waals surface area contributed by atoms with E-state index in [9.17, 15) is 18.8 Å². The lowest BCUT2D eigenvalue weighted by Crippen LogP contribution is -2.43. The fraction of sp³-hybridized carbons (Fsp3) is 0.353. The number of fused-ring (bicyclic) bond motifs is 1. The highest BCUT2D eigenvalue weighted by molar-refractivity contribution is 9.10. The summed E-state index contributed by atoms with van der Waals surface area (Å²) in [5.41, 5.74) is 0.00272. The van der Waals surface area contributed by atoms with Gasteiger partial charge in [-0.15, -0.1) is 0 Å². The molecule has 0 spiro atoms. The van der Waals surface area contributed by atoms with Gasteiger partial charge in [-0.05, 0) is 19.1 Å². The van der Waals surface area contributed by atoms with Gasteiger partial charge in [0.25, 0.3) is 5.56 Å². The van der Waals surface area contributed by atoms with E-state index in [0.717, 1.165) is 0 Å². The molecule has 0 saturated heterocycles. The molecule has 2 aromatic rings. The monoisotopic (exact) mass is 425 g/mol. The quantitative estimate of drug-likeness (QED) is 0.725. The summed E-state index contributed by atoms with van der Waals surface area (Å²) in [6.45, 7) is 2.30. The Bertz CT molecular complexity index is 956. The minimum Gasteiger partial charge on any atom is -0.465 e. The second-order valence-corrected chi connectivity index (χ2v) is 6.82. The van der Waals surface area contributed by atoms with Crippen molar-refractivity contribution in [2.45, 2.75) is 25.9 Å². The Morgan fingerprint density at radius 3 is 2.85 bits per heavy atom. The number of hydrogen-bond donors (Lipinski definition) is 2. The van der Waals surface area contributed by atoms with Crippen LogP contribution in [0.4, 0.5) is 4.39 Å². The van der Waals surface area contributed by atoms with Gasteiger partial charge in [-0.1, -0.05) is 22.0 Å². The van der Waals surface area contributed by atoms with Gasteiger partial charge in [-0.3, -0.25) is 14.7 Å². The Labute approximate surface area is 156 Å². The molecule has 26 heavy (non-hydrogen) atoms. The van der Waals surface area contributed by atoms with Crippen LogP contribution in [0.1, 0.15) is 29.8 Å². The number of nitrogens with one attached hydrogen (secondary N) is 2. The van der Waals surface area contributed by atoms with Crippen LogP contribution in [0.2, 0.25) is 0 Å². The molecule has 0 fully saturated rings. The molecule has 2 heterocycles. The van der Waals surface area contributed by atoms with Crippen LogP contribution in [0.5, 0.6) is 0 Å². The summed E-state index contributed by atoms with van der Waals surface area (Å²) in [4.78, 5) is 42.5. The number of rotatable bonds is 4. The molecule has 0 radical (unpaired) electrons. The van der Waals surface area contributed by atoms with Crippen LogP contribution in [-0.4, -0.2) is 34.0 Å². The summed E-state index contributed by atoms with van der Waals surface area (Å²) in [6, 6.07) is 3.46. The highest BCUT2D eigenvalue weighted by Crippen LogP contribution is 2.30. The standard InChI is InChI=1S/C17H17BrFN3O4/c1-2-26-16(24)14(10-4-3-9(18)7-12(10)19)22-6-5-13-11(8-22)15(23)21-17(25)20-13/h3-4,7,14H,2,5-6,8H2,1H3,(H2,20,21,23,25). The molecule has 2 N–H and O–H groups in total. The number of hydrogen-bond acceptors (Lipinski definition) is 5. The maximum absolute atomic E-state index is 14.5. The molecule has 0 amide bonds. The maximum atomic E-state index is 14.5. The van der Waals surface area contributed by atoms with Crippen LogP contribution >= 0.6 is 15.9 Å². The lowest BCUT2D eigenvalue weighted by Gasteiger charge is -2.33. The molecule has 1 atom stereocenters. The lowest BCUT2D eigenvalue weighted by molar-refractivity contribution is -0.150. The topological polar surface area (TPSA) is 95.3 Å². The van der Waals surface area contributed by atoms with Crippen molar-refractivity contribution in [1.82, 2.24) is 14.9 Å². The number of carbonyl (C=O) groups excluding carboxylic acids is 1. The van der Waals surface area contributed by atoms with Crippen LogP contribution in [-0.2, 0) is 22.5 Å². The molecule has 1 unspecified atom stereocenters. The molecule has 3 rings (SSSR count). The molecular weight excluding hydrogens is 409 g/mol. The first-order valence-electron chi connectivity index (χ1n) is 8.10. The number of nitrogens with zero attached hydrogens (tertiary/aromatic N) is 1. The second-order valence-electron chi connectivity index (χ2n) is 5.91. The van der Waals surface area contributed by atoms with Crippen molar-refractivity contribution in [3.8, 4) is 0 Å². The van der Waals surface area contributed by atoms with Crippen LogP contribution in [0.25, 0.3) is 0 Å². The van der Waals surface area contributed by atoms with Gasteiger partial charge in [0.1, 0.15) is 11.9 Å². The average Bonchev–Trinajstić information content (AvgIpc) is 2.57. The Morgan fingerprint density at radius 1 is 1.38 bits per heavy atom. The molecule has 1 aromatic heterocycles. The SMILES string of the molecule is CCOC(=O)C(c1ccc(Br)cc1F)N1CCc2[nH]c(=O)[nH]c(=O)c2C1. The second kappa shape index (κ2) is 7.55.